The van der Waals surface area contributed by atoms with Crippen LogP contribution in [0.3, 0.4) is 0 Å². The van der Waals surface area contributed by atoms with Gasteiger partial charge in [-0.25, -0.2) is 0 Å². The Morgan fingerprint density at radius 3 is 1.43 bits per heavy atom. The van der Waals surface area contributed by atoms with Gasteiger partial charge in [0.25, 0.3) is 0 Å². The number of ether oxygens (including phenoxy) is 5. The van der Waals surface area contributed by atoms with Crippen molar-refractivity contribution in [2.45, 2.75) is 60.0 Å². The van der Waals surface area contributed by atoms with Gasteiger partial charge in [-0.05, 0) is 12.8 Å². The van der Waals surface area contributed by atoms with E-state index >= 15 is 0 Å². The maximum Gasteiger partial charge on any atom is 0.197 e. The van der Waals surface area contributed by atoms with Crippen LogP contribution < -0.4 is 10.6 Å². The van der Waals surface area contributed by atoms with Gasteiger partial charge < -0.3 is 34.3 Å². The normalized spacial score (nSPS) is 21.5. The van der Waals surface area contributed by atoms with Crippen LogP contribution >= 0.6 is 0 Å². The van der Waals surface area contributed by atoms with Gasteiger partial charge in [0.05, 0.1) is 59.5 Å². The summed E-state index contributed by atoms with van der Waals surface area (Å²) in [6.45, 7) is 17.4. The molecule has 9 heteroatoms. The third kappa shape index (κ3) is 10.9. The van der Waals surface area contributed by atoms with Gasteiger partial charge in [0.1, 0.15) is 0 Å². The topological polar surface area (TPSA) is 104 Å². The first-order valence-electron chi connectivity index (χ1n) is 13.1. The molecule has 206 valence electrons. The van der Waals surface area contributed by atoms with E-state index in [1.165, 1.54) is 0 Å². The van der Waals surface area contributed by atoms with Gasteiger partial charge >= 0.3 is 0 Å². The molecule has 2 N–H and O–H groups in total. The first-order valence-corrected chi connectivity index (χ1v) is 13.1. The van der Waals surface area contributed by atoms with Crippen LogP contribution in [0, 0.1) is 10.8 Å². The number of Topliss-reactive ketones (excluding diaryl/α,β-unsaturated/α-hetero) is 2. The van der Waals surface area contributed by atoms with Crippen LogP contribution in [0.5, 0.6) is 0 Å². The quantitative estimate of drug-likeness (QED) is 0.528. The number of carbonyl (C=O) groups excluding carboxylic acids is 2. The highest BCUT2D eigenvalue weighted by molar-refractivity contribution is 6.14. The Morgan fingerprint density at radius 1 is 0.629 bits per heavy atom. The van der Waals surface area contributed by atoms with E-state index in [-0.39, 0.29) is 31.3 Å². The summed E-state index contributed by atoms with van der Waals surface area (Å²) in [6.07, 6.45) is 1.20. The fraction of sp³-hybridized carbons (Fsp3) is 0.923. The van der Waals surface area contributed by atoms with Crippen LogP contribution in [0.15, 0.2) is 0 Å². The Kier molecular flexibility index (Phi) is 15.3. The zero-order valence-electron chi connectivity index (χ0n) is 23.0. The summed E-state index contributed by atoms with van der Waals surface area (Å²) in [5.41, 5.74) is -3.04. The van der Waals surface area contributed by atoms with E-state index in [1.807, 2.05) is 41.5 Å². The highest BCUT2D eigenvalue weighted by atomic mass is 16.6. The Balaban J connectivity index is 3.03. The van der Waals surface area contributed by atoms with Crippen molar-refractivity contribution in [3.05, 3.63) is 0 Å². The van der Waals surface area contributed by atoms with Gasteiger partial charge in [0.2, 0.25) is 0 Å². The number of hydrogen-bond acceptors (Lipinski definition) is 9. The molecule has 9 nitrogen and oxygen atoms in total. The molecule has 0 unspecified atom stereocenters. The number of rotatable bonds is 6. The zero-order valence-corrected chi connectivity index (χ0v) is 23.0. The van der Waals surface area contributed by atoms with Crippen molar-refractivity contribution in [3.63, 3.8) is 0 Å². The molecule has 0 radical (unpaired) electrons. The van der Waals surface area contributed by atoms with E-state index in [9.17, 15) is 9.59 Å². The minimum Gasteiger partial charge on any atom is -0.378 e. The van der Waals surface area contributed by atoms with Crippen molar-refractivity contribution in [1.29, 1.82) is 0 Å². The maximum atomic E-state index is 13.9. The molecular formula is C26H50N2O7. The molecule has 0 bridgehead atoms. The predicted molar refractivity (Wildman–Crippen MR) is 136 cm³/mol. The van der Waals surface area contributed by atoms with Gasteiger partial charge in [0, 0.05) is 37.0 Å². The molecule has 0 amide bonds. The third-order valence-electron chi connectivity index (χ3n) is 6.69. The summed E-state index contributed by atoms with van der Waals surface area (Å²) >= 11 is 0. The second-order valence-electron chi connectivity index (χ2n) is 10.2. The maximum absolute atomic E-state index is 13.9. The molecule has 1 rings (SSSR count). The van der Waals surface area contributed by atoms with Crippen molar-refractivity contribution in [2.24, 2.45) is 10.8 Å². The SMILES string of the molecule is CCC(C)(C)C(=O)C1(C(=O)C(C)(C)CC)CNCCOCCOCCNCCOCCOCCO1. The minimum absolute atomic E-state index is 0.0895. The predicted octanol–water partition coefficient (Wildman–Crippen LogP) is 2.01. The summed E-state index contributed by atoms with van der Waals surface area (Å²) in [5, 5.41) is 6.51. The Morgan fingerprint density at radius 2 is 1.00 bits per heavy atom. The first kappa shape index (κ1) is 32.1. The largest absolute Gasteiger partial charge is 0.378 e. The Bertz CT molecular complexity index is 559. The van der Waals surface area contributed by atoms with Gasteiger partial charge in [-0.2, -0.15) is 0 Å². The lowest BCUT2D eigenvalue weighted by Crippen LogP contribution is -2.63. The summed E-state index contributed by atoms with van der Waals surface area (Å²) in [4.78, 5) is 27.8. The molecule has 0 spiro atoms. The van der Waals surface area contributed by atoms with E-state index < -0.39 is 16.4 Å². The third-order valence-corrected chi connectivity index (χ3v) is 6.69. The second-order valence-corrected chi connectivity index (χ2v) is 10.2. The molecule has 0 atom stereocenters. The second kappa shape index (κ2) is 16.7. The molecule has 1 aliphatic rings. The van der Waals surface area contributed by atoms with Gasteiger partial charge in [-0.15, -0.1) is 0 Å². The lowest BCUT2D eigenvalue weighted by molar-refractivity contribution is -0.171. The van der Waals surface area contributed by atoms with E-state index in [0.29, 0.717) is 65.6 Å². The molecule has 0 aromatic rings. The smallest absolute Gasteiger partial charge is 0.197 e. The van der Waals surface area contributed by atoms with Crippen LogP contribution in [0.25, 0.3) is 0 Å². The fourth-order valence-electron chi connectivity index (χ4n) is 3.60. The van der Waals surface area contributed by atoms with Crippen LogP contribution in [0.2, 0.25) is 0 Å². The number of ketones is 2. The van der Waals surface area contributed by atoms with Crippen molar-refractivity contribution in [1.82, 2.24) is 10.6 Å². The van der Waals surface area contributed by atoms with Crippen LogP contribution in [-0.2, 0) is 33.3 Å². The van der Waals surface area contributed by atoms with Crippen molar-refractivity contribution >= 4 is 11.6 Å². The molecule has 35 heavy (non-hydrogen) atoms. The van der Waals surface area contributed by atoms with E-state index in [4.69, 9.17) is 23.7 Å². The zero-order chi connectivity index (χ0) is 26.2. The molecule has 0 aromatic heterocycles. The number of nitrogens with one attached hydrogen (secondary N) is 2. The summed E-state index contributed by atoms with van der Waals surface area (Å²) in [7, 11) is 0. The van der Waals surface area contributed by atoms with E-state index in [1.54, 1.807) is 0 Å². The van der Waals surface area contributed by atoms with Gasteiger partial charge in [-0.1, -0.05) is 41.5 Å². The molecule has 1 heterocycles. The highest BCUT2D eigenvalue weighted by Crippen LogP contribution is 2.36. The molecule has 0 aromatic carbocycles. The lowest BCUT2D eigenvalue weighted by Gasteiger charge is -2.41. The van der Waals surface area contributed by atoms with Crippen LogP contribution in [-0.4, -0.2) is 103 Å². The Hall–Kier alpha value is -0.940. The summed E-state index contributed by atoms with van der Waals surface area (Å²) in [6, 6.07) is 0. The Labute approximate surface area is 212 Å². The van der Waals surface area contributed by atoms with Crippen molar-refractivity contribution < 1.29 is 33.3 Å². The average Bonchev–Trinajstić information content (AvgIpc) is 2.84. The van der Waals surface area contributed by atoms with E-state index in [0.717, 1.165) is 13.1 Å². The number of hydrogen-bond donors (Lipinski definition) is 2. The number of carbonyl (C=O) groups is 2. The summed E-state index contributed by atoms with van der Waals surface area (Å²) < 4.78 is 28.6. The minimum atomic E-state index is -1.60. The first-order chi connectivity index (χ1) is 16.6. The highest BCUT2D eigenvalue weighted by Gasteiger charge is 2.54. The van der Waals surface area contributed by atoms with Crippen molar-refractivity contribution in [3.8, 4) is 0 Å². The summed E-state index contributed by atoms with van der Waals surface area (Å²) in [5.74, 6) is -0.398. The van der Waals surface area contributed by atoms with Gasteiger partial charge in [0.15, 0.2) is 17.2 Å². The molecule has 0 saturated carbocycles. The molecule has 1 aliphatic heterocycles. The van der Waals surface area contributed by atoms with Gasteiger partial charge in [-0.3, -0.25) is 9.59 Å². The average molecular weight is 503 g/mol. The molecule has 1 fully saturated rings. The lowest BCUT2D eigenvalue weighted by atomic mass is 9.68. The van der Waals surface area contributed by atoms with Crippen LogP contribution in [0.4, 0.5) is 0 Å². The monoisotopic (exact) mass is 502 g/mol. The van der Waals surface area contributed by atoms with Crippen LogP contribution in [0.1, 0.15) is 54.4 Å². The van der Waals surface area contributed by atoms with Crippen molar-refractivity contribution in [2.75, 3.05) is 85.6 Å². The standard InChI is InChI=1S/C26H50N2O7/c1-7-24(3,4)22(29)26(23(30)25(5,6)8-2)21-28-11-14-33-16-15-31-12-9-27-10-13-32-17-18-34-19-20-35-26/h27-28H,7-21H2,1-6H3. The fourth-order valence-corrected chi connectivity index (χ4v) is 3.60. The molecule has 0 aliphatic carbocycles. The molecular weight excluding hydrogens is 452 g/mol. The van der Waals surface area contributed by atoms with E-state index in [2.05, 4.69) is 10.6 Å². The molecule has 1 saturated heterocycles.